The maximum absolute atomic E-state index is 12.9. The van der Waals surface area contributed by atoms with Crippen LogP contribution in [0.2, 0.25) is 0 Å². The molecule has 2 aromatic rings. The Morgan fingerprint density at radius 1 is 1.12 bits per heavy atom. The summed E-state index contributed by atoms with van der Waals surface area (Å²) in [5, 5.41) is 13.3. The lowest BCUT2D eigenvalue weighted by atomic mass is 10.1. The van der Waals surface area contributed by atoms with E-state index < -0.39 is 45.4 Å². The summed E-state index contributed by atoms with van der Waals surface area (Å²) in [6.45, 7) is 3.07. The molecule has 2 N–H and O–H groups in total. The molecule has 34 heavy (non-hydrogen) atoms. The van der Waals surface area contributed by atoms with Crippen LogP contribution < -0.4 is 19.5 Å². The van der Waals surface area contributed by atoms with Crippen LogP contribution in [-0.2, 0) is 24.3 Å². The number of benzene rings is 2. The Kier molecular flexibility index (Phi) is 7.68. The van der Waals surface area contributed by atoms with Crippen molar-refractivity contribution in [2.24, 2.45) is 5.92 Å². The molecule has 1 aliphatic rings. The molecule has 1 aliphatic heterocycles. The van der Waals surface area contributed by atoms with E-state index in [0.29, 0.717) is 12.4 Å². The normalized spacial score (nSPS) is 13.7. The standard InChI is InChI=1S/C21H23N3O9S/c1-13(2)20(23-34(29,30)14-7-8-17-18(11-14)32-10-9-31-17)21(26)33-12-19(25)22-15-5-3-4-6-16(15)24(27)28/h3-8,11,13,20,23H,9-10,12H2,1-2H3,(H,22,25). The number of amides is 1. The van der Waals surface area contributed by atoms with Crippen LogP contribution in [0.15, 0.2) is 47.4 Å². The van der Waals surface area contributed by atoms with Crippen LogP contribution in [0.25, 0.3) is 0 Å². The first-order chi connectivity index (χ1) is 16.1. The molecule has 13 heteroatoms. The van der Waals surface area contributed by atoms with Gasteiger partial charge in [-0.05, 0) is 24.1 Å². The Morgan fingerprint density at radius 2 is 1.79 bits per heavy atom. The van der Waals surface area contributed by atoms with Crippen LogP contribution in [0.5, 0.6) is 11.5 Å². The Hall–Kier alpha value is -3.71. The number of nitrogens with one attached hydrogen (secondary N) is 2. The number of nitro groups is 1. The van der Waals surface area contributed by atoms with E-state index in [-0.39, 0.29) is 28.6 Å². The third-order valence-corrected chi connectivity index (χ3v) is 6.19. The Balaban J connectivity index is 1.65. The van der Waals surface area contributed by atoms with Gasteiger partial charge in [-0.25, -0.2) is 8.42 Å². The van der Waals surface area contributed by atoms with Gasteiger partial charge >= 0.3 is 5.97 Å². The molecular formula is C21H23N3O9S. The maximum atomic E-state index is 12.9. The van der Waals surface area contributed by atoms with Crippen molar-refractivity contribution < 1.29 is 37.1 Å². The van der Waals surface area contributed by atoms with Gasteiger partial charge in [0, 0.05) is 12.1 Å². The quantitative estimate of drug-likeness (QED) is 0.301. The second kappa shape index (κ2) is 10.5. The predicted molar refractivity (Wildman–Crippen MR) is 119 cm³/mol. The monoisotopic (exact) mass is 493 g/mol. The van der Waals surface area contributed by atoms with Crippen molar-refractivity contribution in [2.45, 2.75) is 24.8 Å². The number of rotatable bonds is 9. The van der Waals surface area contributed by atoms with Gasteiger partial charge in [-0.1, -0.05) is 26.0 Å². The topological polar surface area (TPSA) is 163 Å². The number of nitro benzene ring substituents is 1. The smallest absolute Gasteiger partial charge is 0.324 e. The third kappa shape index (κ3) is 5.99. The maximum Gasteiger partial charge on any atom is 0.324 e. The fourth-order valence-corrected chi connectivity index (χ4v) is 4.38. The number of para-hydroxylation sites is 2. The van der Waals surface area contributed by atoms with Gasteiger partial charge in [0.25, 0.3) is 11.6 Å². The number of hydrogen-bond donors (Lipinski definition) is 2. The highest BCUT2D eigenvalue weighted by atomic mass is 32.2. The number of carbonyl (C=O) groups excluding carboxylic acids is 2. The van der Waals surface area contributed by atoms with Crippen molar-refractivity contribution in [3.05, 3.63) is 52.6 Å². The molecule has 0 saturated carbocycles. The molecule has 1 atom stereocenters. The largest absolute Gasteiger partial charge is 0.486 e. The number of nitrogens with zero attached hydrogens (tertiary/aromatic N) is 1. The number of ether oxygens (including phenoxy) is 3. The van der Waals surface area contributed by atoms with Gasteiger partial charge < -0.3 is 19.5 Å². The summed E-state index contributed by atoms with van der Waals surface area (Å²) in [5.41, 5.74) is -0.386. The first-order valence-electron chi connectivity index (χ1n) is 10.2. The molecular weight excluding hydrogens is 470 g/mol. The van der Waals surface area contributed by atoms with Crippen molar-refractivity contribution in [1.82, 2.24) is 4.72 Å². The van der Waals surface area contributed by atoms with Gasteiger partial charge in [-0.3, -0.25) is 19.7 Å². The number of carbonyl (C=O) groups is 2. The zero-order valence-corrected chi connectivity index (χ0v) is 19.2. The van der Waals surface area contributed by atoms with E-state index in [1.807, 2.05) is 0 Å². The van der Waals surface area contributed by atoms with Gasteiger partial charge in [0.15, 0.2) is 18.1 Å². The van der Waals surface area contributed by atoms with Gasteiger partial charge in [0.2, 0.25) is 10.0 Å². The SMILES string of the molecule is CC(C)C(NS(=O)(=O)c1ccc2c(c1)OCCO2)C(=O)OCC(=O)Nc1ccccc1[N+](=O)[O-]. The minimum Gasteiger partial charge on any atom is -0.486 e. The van der Waals surface area contributed by atoms with E-state index in [1.165, 1.54) is 42.5 Å². The molecule has 0 fully saturated rings. The molecule has 0 radical (unpaired) electrons. The molecule has 12 nitrogen and oxygen atoms in total. The summed E-state index contributed by atoms with van der Waals surface area (Å²) in [5.74, 6) is -1.63. The first kappa shape index (κ1) is 24.9. The van der Waals surface area contributed by atoms with Gasteiger partial charge in [-0.2, -0.15) is 4.72 Å². The number of hydrogen-bond acceptors (Lipinski definition) is 9. The van der Waals surface area contributed by atoms with Crippen molar-refractivity contribution in [2.75, 3.05) is 25.1 Å². The molecule has 1 unspecified atom stereocenters. The van der Waals surface area contributed by atoms with E-state index in [9.17, 15) is 28.1 Å². The number of fused-ring (bicyclic) bond motifs is 1. The number of esters is 1. The summed E-state index contributed by atoms with van der Waals surface area (Å²) >= 11 is 0. The molecule has 0 aliphatic carbocycles. The van der Waals surface area contributed by atoms with Crippen LogP contribution in [0.1, 0.15) is 13.8 Å². The van der Waals surface area contributed by atoms with E-state index >= 15 is 0 Å². The van der Waals surface area contributed by atoms with Gasteiger partial charge in [0.1, 0.15) is 24.9 Å². The Bertz CT molecular complexity index is 1200. The van der Waals surface area contributed by atoms with Crippen LogP contribution in [0.3, 0.4) is 0 Å². The lowest BCUT2D eigenvalue weighted by molar-refractivity contribution is -0.383. The van der Waals surface area contributed by atoms with E-state index in [0.717, 1.165) is 0 Å². The summed E-state index contributed by atoms with van der Waals surface area (Å²) in [6.07, 6.45) is 0. The zero-order chi connectivity index (χ0) is 24.9. The molecule has 3 rings (SSSR count). The van der Waals surface area contributed by atoms with E-state index in [2.05, 4.69) is 10.0 Å². The average molecular weight is 493 g/mol. The number of anilines is 1. The van der Waals surface area contributed by atoms with Crippen molar-refractivity contribution in [1.29, 1.82) is 0 Å². The molecule has 1 heterocycles. The Morgan fingerprint density at radius 3 is 2.47 bits per heavy atom. The molecule has 0 aromatic heterocycles. The van der Waals surface area contributed by atoms with Crippen LogP contribution in [-0.4, -0.2) is 51.1 Å². The highest BCUT2D eigenvalue weighted by Crippen LogP contribution is 2.32. The molecule has 0 saturated heterocycles. The highest BCUT2D eigenvalue weighted by Gasteiger charge is 2.31. The summed E-state index contributed by atoms with van der Waals surface area (Å²) < 4.78 is 43.8. The van der Waals surface area contributed by atoms with Gasteiger partial charge in [-0.15, -0.1) is 0 Å². The number of sulfonamides is 1. The lowest BCUT2D eigenvalue weighted by Gasteiger charge is -2.22. The van der Waals surface area contributed by atoms with Crippen molar-refractivity contribution >= 4 is 33.3 Å². The first-order valence-corrected chi connectivity index (χ1v) is 11.7. The average Bonchev–Trinajstić information content (AvgIpc) is 2.80. The highest BCUT2D eigenvalue weighted by molar-refractivity contribution is 7.89. The predicted octanol–water partition coefficient (Wildman–Crippen LogP) is 1.85. The van der Waals surface area contributed by atoms with Crippen LogP contribution in [0, 0.1) is 16.0 Å². The fourth-order valence-electron chi connectivity index (χ4n) is 3.03. The minimum atomic E-state index is -4.15. The summed E-state index contributed by atoms with van der Waals surface area (Å²) in [6, 6.07) is 8.25. The van der Waals surface area contributed by atoms with E-state index in [1.54, 1.807) is 13.8 Å². The zero-order valence-electron chi connectivity index (χ0n) is 18.3. The van der Waals surface area contributed by atoms with E-state index in [4.69, 9.17) is 14.2 Å². The summed E-state index contributed by atoms with van der Waals surface area (Å²) in [4.78, 5) is 35.0. The molecule has 182 valence electrons. The Labute approximate surface area is 195 Å². The van der Waals surface area contributed by atoms with Crippen molar-refractivity contribution in [3.63, 3.8) is 0 Å². The third-order valence-electron chi connectivity index (χ3n) is 4.75. The second-order valence-electron chi connectivity index (χ2n) is 7.58. The van der Waals surface area contributed by atoms with Crippen LogP contribution >= 0.6 is 0 Å². The molecule has 2 aromatic carbocycles. The fraction of sp³-hybridized carbons (Fsp3) is 0.333. The molecule has 1 amide bonds. The van der Waals surface area contributed by atoms with Crippen LogP contribution in [0.4, 0.5) is 11.4 Å². The van der Waals surface area contributed by atoms with Gasteiger partial charge in [0.05, 0.1) is 9.82 Å². The molecule has 0 bridgehead atoms. The summed E-state index contributed by atoms with van der Waals surface area (Å²) in [7, 11) is -4.15. The lowest BCUT2D eigenvalue weighted by Crippen LogP contribution is -2.45. The minimum absolute atomic E-state index is 0.0618. The van der Waals surface area contributed by atoms with Crippen molar-refractivity contribution in [3.8, 4) is 11.5 Å². The molecule has 0 spiro atoms. The second-order valence-corrected chi connectivity index (χ2v) is 9.29.